The average Bonchev–Trinajstić information content (AvgIpc) is 3.16. The highest BCUT2D eigenvalue weighted by Crippen LogP contribution is 2.21. The summed E-state index contributed by atoms with van der Waals surface area (Å²) in [6.45, 7) is 5.71. The van der Waals surface area contributed by atoms with Crippen LogP contribution in [0.25, 0.3) is 0 Å². The van der Waals surface area contributed by atoms with E-state index in [-0.39, 0.29) is 12.0 Å². The molecule has 7 nitrogen and oxygen atoms in total. The minimum Gasteiger partial charge on any atom is -0.393 e. The number of imidazole rings is 1. The second kappa shape index (κ2) is 9.68. The topological polar surface area (TPSA) is 92.1 Å². The maximum absolute atomic E-state index is 12.3. The number of aliphatic hydroxyl groups is 1. The van der Waals surface area contributed by atoms with Gasteiger partial charge in [0.15, 0.2) is 0 Å². The van der Waals surface area contributed by atoms with Crippen LogP contribution in [0.15, 0.2) is 30.7 Å². The monoisotopic (exact) mass is 385 g/mol. The number of aromatic nitrogens is 3. The van der Waals surface area contributed by atoms with Gasteiger partial charge in [0.05, 0.1) is 11.7 Å². The Kier molecular flexibility index (Phi) is 7.03. The van der Waals surface area contributed by atoms with Gasteiger partial charge in [0, 0.05) is 43.6 Å². The molecule has 0 bridgehead atoms. The van der Waals surface area contributed by atoms with Crippen molar-refractivity contribution in [2.24, 2.45) is 0 Å². The summed E-state index contributed by atoms with van der Waals surface area (Å²) >= 11 is 0. The highest BCUT2D eigenvalue weighted by atomic mass is 16.3. The van der Waals surface area contributed by atoms with Crippen LogP contribution in [-0.2, 0) is 6.54 Å². The van der Waals surface area contributed by atoms with Gasteiger partial charge in [0.2, 0.25) is 0 Å². The average molecular weight is 386 g/mol. The van der Waals surface area contributed by atoms with Crippen LogP contribution in [0.5, 0.6) is 0 Å². The molecule has 0 atom stereocenters. The number of pyridine rings is 1. The van der Waals surface area contributed by atoms with Crippen LogP contribution in [0.4, 0.5) is 5.82 Å². The van der Waals surface area contributed by atoms with Gasteiger partial charge in [-0.05, 0) is 44.2 Å². The second-order valence-corrected chi connectivity index (χ2v) is 7.82. The molecule has 1 amide bonds. The number of nitrogens with zero attached hydrogens (tertiary/aromatic N) is 3. The fraction of sp³-hybridized carbons (Fsp3) is 0.571. The van der Waals surface area contributed by atoms with Gasteiger partial charge in [-0.3, -0.25) is 4.79 Å². The Morgan fingerprint density at radius 1 is 1.25 bits per heavy atom. The van der Waals surface area contributed by atoms with Crippen molar-refractivity contribution in [3.8, 4) is 0 Å². The normalized spacial score (nSPS) is 19.6. The van der Waals surface area contributed by atoms with E-state index in [9.17, 15) is 9.90 Å². The number of aliphatic hydroxyl groups excluding tert-OH is 1. The molecule has 0 saturated heterocycles. The van der Waals surface area contributed by atoms with E-state index in [1.54, 1.807) is 12.3 Å². The van der Waals surface area contributed by atoms with Gasteiger partial charge in [-0.1, -0.05) is 13.8 Å². The molecule has 152 valence electrons. The lowest BCUT2D eigenvalue weighted by molar-refractivity contribution is 0.0952. The first kappa shape index (κ1) is 20.3. The fourth-order valence-corrected chi connectivity index (χ4v) is 3.61. The molecule has 2 aromatic rings. The lowest BCUT2D eigenvalue weighted by Crippen LogP contribution is -2.28. The van der Waals surface area contributed by atoms with Crippen molar-refractivity contribution in [3.63, 3.8) is 0 Å². The maximum Gasteiger partial charge on any atom is 0.252 e. The number of aryl methyl sites for hydroxylation is 1. The molecule has 0 aliphatic heterocycles. The summed E-state index contributed by atoms with van der Waals surface area (Å²) in [4.78, 5) is 21.0. The first-order valence-electron chi connectivity index (χ1n) is 10.2. The van der Waals surface area contributed by atoms with Crippen LogP contribution in [0.1, 0.15) is 68.1 Å². The summed E-state index contributed by atoms with van der Waals surface area (Å²) in [6, 6.07) is 3.99. The van der Waals surface area contributed by atoms with Gasteiger partial charge < -0.3 is 20.3 Å². The molecule has 1 saturated carbocycles. The molecule has 2 aromatic heterocycles. The zero-order valence-corrected chi connectivity index (χ0v) is 16.8. The van der Waals surface area contributed by atoms with Gasteiger partial charge in [-0.25, -0.2) is 9.97 Å². The van der Waals surface area contributed by atoms with E-state index in [4.69, 9.17) is 0 Å². The predicted octanol–water partition coefficient (Wildman–Crippen LogP) is 2.94. The number of anilines is 1. The van der Waals surface area contributed by atoms with Crippen molar-refractivity contribution >= 4 is 11.7 Å². The van der Waals surface area contributed by atoms with Crippen molar-refractivity contribution in [1.29, 1.82) is 0 Å². The predicted molar refractivity (Wildman–Crippen MR) is 109 cm³/mol. The molecule has 7 heteroatoms. The summed E-state index contributed by atoms with van der Waals surface area (Å²) < 4.78 is 2.14. The molecule has 2 heterocycles. The van der Waals surface area contributed by atoms with E-state index < -0.39 is 0 Å². The van der Waals surface area contributed by atoms with E-state index in [0.717, 1.165) is 50.3 Å². The standard InChI is InChI=1S/C21H31N5O2/c1-15(2)20-22-11-13-26(20)12-3-10-23-21(28)16-4-9-19(24-14-16)25-17-5-7-18(27)8-6-17/h4,9,11,13-15,17-18,27H,3,5-8,10,12H2,1-2H3,(H,23,28)(H,24,25). The molecule has 0 aromatic carbocycles. The lowest BCUT2D eigenvalue weighted by Gasteiger charge is -2.26. The molecule has 1 aliphatic rings. The second-order valence-electron chi connectivity index (χ2n) is 7.82. The third kappa shape index (κ3) is 5.55. The van der Waals surface area contributed by atoms with E-state index in [2.05, 4.69) is 39.0 Å². The lowest BCUT2D eigenvalue weighted by atomic mass is 9.93. The number of carbonyl (C=O) groups is 1. The van der Waals surface area contributed by atoms with Crippen LogP contribution in [0.3, 0.4) is 0 Å². The Morgan fingerprint density at radius 3 is 2.71 bits per heavy atom. The zero-order valence-electron chi connectivity index (χ0n) is 16.8. The molecule has 1 aliphatic carbocycles. The third-order valence-corrected chi connectivity index (χ3v) is 5.20. The Labute approximate surface area is 166 Å². The van der Waals surface area contributed by atoms with E-state index in [1.165, 1.54) is 0 Å². The highest BCUT2D eigenvalue weighted by Gasteiger charge is 2.19. The molecule has 0 radical (unpaired) electrons. The van der Waals surface area contributed by atoms with Crippen LogP contribution >= 0.6 is 0 Å². The van der Waals surface area contributed by atoms with Crippen LogP contribution in [0.2, 0.25) is 0 Å². The Balaban J connectivity index is 1.41. The Morgan fingerprint density at radius 2 is 2.04 bits per heavy atom. The minimum absolute atomic E-state index is 0.102. The SMILES string of the molecule is CC(C)c1nccn1CCCNC(=O)c1ccc(NC2CCC(O)CC2)nc1. The molecular formula is C21H31N5O2. The highest BCUT2D eigenvalue weighted by molar-refractivity contribution is 5.94. The first-order valence-corrected chi connectivity index (χ1v) is 10.2. The van der Waals surface area contributed by atoms with Crippen LogP contribution in [0, 0.1) is 0 Å². The molecule has 1 fully saturated rings. The number of amides is 1. The minimum atomic E-state index is -0.164. The maximum atomic E-state index is 12.3. The van der Waals surface area contributed by atoms with E-state index >= 15 is 0 Å². The number of nitrogens with one attached hydrogen (secondary N) is 2. The largest absolute Gasteiger partial charge is 0.393 e. The first-order chi connectivity index (χ1) is 13.5. The number of carbonyl (C=O) groups excluding carboxylic acids is 1. The Bertz CT molecular complexity index is 748. The van der Waals surface area contributed by atoms with Crippen LogP contribution in [-0.4, -0.2) is 44.2 Å². The number of hydrogen-bond donors (Lipinski definition) is 3. The molecule has 0 spiro atoms. The molecule has 3 N–H and O–H groups in total. The number of rotatable bonds is 8. The van der Waals surface area contributed by atoms with Gasteiger partial charge in [0.1, 0.15) is 11.6 Å². The zero-order chi connectivity index (χ0) is 19.9. The summed E-state index contributed by atoms with van der Waals surface area (Å²) in [6.07, 6.45) is 9.66. The van der Waals surface area contributed by atoms with Crippen molar-refractivity contribution in [3.05, 3.63) is 42.1 Å². The van der Waals surface area contributed by atoms with Gasteiger partial charge >= 0.3 is 0 Å². The van der Waals surface area contributed by atoms with Gasteiger partial charge in [0.25, 0.3) is 5.91 Å². The van der Waals surface area contributed by atoms with Crippen LogP contribution < -0.4 is 10.6 Å². The molecule has 28 heavy (non-hydrogen) atoms. The quantitative estimate of drug-likeness (QED) is 0.608. The van der Waals surface area contributed by atoms with Gasteiger partial charge in [-0.15, -0.1) is 0 Å². The van der Waals surface area contributed by atoms with Crippen molar-refractivity contribution in [2.75, 3.05) is 11.9 Å². The summed E-state index contributed by atoms with van der Waals surface area (Å²) in [7, 11) is 0. The van der Waals surface area contributed by atoms with Crippen molar-refractivity contribution < 1.29 is 9.90 Å². The summed E-state index contributed by atoms with van der Waals surface area (Å²) in [5.41, 5.74) is 0.565. The van der Waals surface area contributed by atoms with E-state index in [1.807, 2.05) is 18.5 Å². The smallest absolute Gasteiger partial charge is 0.252 e. The summed E-state index contributed by atoms with van der Waals surface area (Å²) in [5.74, 6) is 2.14. The van der Waals surface area contributed by atoms with E-state index in [0.29, 0.717) is 24.1 Å². The number of hydrogen-bond acceptors (Lipinski definition) is 5. The van der Waals surface area contributed by atoms with Crippen molar-refractivity contribution in [1.82, 2.24) is 19.9 Å². The summed E-state index contributed by atoms with van der Waals surface area (Å²) in [5, 5.41) is 15.9. The Hall–Kier alpha value is -2.41. The molecular weight excluding hydrogens is 354 g/mol. The van der Waals surface area contributed by atoms with Crippen molar-refractivity contribution in [2.45, 2.75) is 70.6 Å². The van der Waals surface area contributed by atoms with Gasteiger partial charge in [-0.2, -0.15) is 0 Å². The molecule has 0 unspecified atom stereocenters. The third-order valence-electron chi connectivity index (χ3n) is 5.20. The fourth-order valence-electron chi connectivity index (χ4n) is 3.61. The molecule has 3 rings (SSSR count).